The van der Waals surface area contributed by atoms with Gasteiger partial charge in [-0.1, -0.05) is 66.7 Å². The third kappa shape index (κ3) is 3.99. The smallest absolute Gasteiger partial charge is 0.259 e. The molecule has 0 fully saturated rings. The second kappa shape index (κ2) is 8.33. The number of fused-ring (bicyclic) bond motifs is 1. The molecule has 0 aliphatic heterocycles. The van der Waals surface area contributed by atoms with Crippen LogP contribution in [-0.4, -0.2) is 4.57 Å². The lowest BCUT2D eigenvalue weighted by atomic mass is 10.1. The van der Waals surface area contributed by atoms with Gasteiger partial charge in [0.25, 0.3) is 5.56 Å². The van der Waals surface area contributed by atoms with Gasteiger partial charge in [-0.3, -0.25) is 4.79 Å². The van der Waals surface area contributed by atoms with Crippen molar-refractivity contribution in [3.63, 3.8) is 0 Å². The Morgan fingerprint density at radius 1 is 0.645 bits per heavy atom. The highest BCUT2D eigenvalue weighted by Crippen LogP contribution is 2.27. The number of pyridine rings is 1. The second-order valence-corrected chi connectivity index (χ2v) is 7.43. The first-order valence-electron chi connectivity index (χ1n) is 10.3. The predicted molar refractivity (Wildman–Crippen MR) is 126 cm³/mol. The van der Waals surface area contributed by atoms with E-state index in [4.69, 9.17) is 4.74 Å². The van der Waals surface area contributed by atoms with Crippen LogP contribution in [0.15, 0.2) is 120 Å². The summed E-state index contributed by atoms with van der Waals surface area (Å²) in [5.41, 5.74) is 2.96. The molecular formula is C28H21NO2. The number of nitrogens with zero attached hydrogens (tertiary/aromatic N) is 1. The molecule has 1 heterocycles. The van der Waals surface area contributed by atoms with Crippen LogP contribution in [0.3, 0.4) is 0 Å². The van der Waals surface area contributed by atoms with Crippen molar-refractivity contribution in [2.45, 2.75) is 6.54 Å². The Balaban J connectivity index is 1.58. The normalized spacial score (nSPS) is 10.8. The molecule has 31 heavy (non-hydrogen) atoms. The van der Waals surface area contributed by atoms with Crippen LogP contribution in [0, 0.1) is 0 Å². The number of hydrogen-bond donors (Lipinski definition) is 0. The van der Waals surface area contributed by atoms with E-state index in [0.29, 0.717) is 6.54 Å². The van der Waals surface area contributed by atoms with Crippen molar-refractivity contribution in [3.05, 3.63) is 131 Å². The summed E-state index contributed by atoms with van der Waals surface area (Å²) in [7, 11) is 0. The Hall–Kier alpha value is -4.11. The first kappa shape index (κ1) is 18.9. The van der Waals surface area contributed by atoms with E-state index in [0.717, 1.165) is 39.1 Å². The lowest BCUT2D eigenvalue weighted by molar-refractivity contribution is 0.483. The zero-order chi connectivity index (χ0) is 21.0. The topological polar surface area (TPSA) is 31.2 Å². The Labute approximate surface area is 180 Å². The molecule has 5 aromatic rings. The number of rotatable bonds is 5. The summed E-state index contributed by atoms with van der Waals surface area (Å²) >= 11 is 0. The summed E-state index contributed by atoms with van der Waals surface area (Å²) in [6, 6.07) is 37.5. The minimum atomic E-state index is 0.0153. The highest BCUT2D eigenvalue weighted by molar-refractivity contribution is 5.85. The Morgan fingerprint density at radius 2 is 1.26 bits per heavy atom. The summed E-state index contributed by atoms with van der Waals surface area (Å²) in [5.74, 6) is 1.55. The van der Waals surface area contributed by atoms with E-state index in [2.05, 4.69) is 6.07 Å². The Kier molecular flexibility index (Phi) is 5.07. The van der Waals surface area contributed by atoms with Gasteiger partial charge in [0.1, 0.15) is 11.5 Å². The number of hydrogen-bond acceptors (Lipinski definition) is 2. The van der Waals surface area contributed by atoms with E-state index in [1.54, 1.807) is 0 Å². The van der Waals surface area contributed by atoms with Crippen molar-refractivity contribution in [2.75, 3.05) is 0 Å². The Morgan fingerprint density at radius 3 is 2.00 bits per heavy atom. The molecule has 150 valence electrons. The highest BCUT2D eigenvalue weighted by Gasteiger charge is 2.12. The molecule has 0 radical (unpaired) electrons. The minimum absolute atomic E-state index is 0.0153. The number of ether oxygens (including phenoxy) is 1. The molecule has 1 aromatic heterocycles. The third-order valence-corrected chi connectivity index (χ3v) is 5.33. The first-order chi connectivity index (χ1) is 15.3. The SMILES string of the molecule is O=c1c2ccccc2cc(-c2ccc(Oc3ccccc3)cc2)n1Cc1ccccc1. The standard InChI is InChI=1S/C28H21NO2/c30-28-26-14-8-7-11-23(26)19-27(29(28)20-21-9-3-1-4-10-21)22-15-17-25(18-16-22)31-24-12-5-2-6-13-24/h1-19H,20H2. The molecule has 0 bridgehead atoms. The van der Waals surface area contributed by atoms with E-state index < -0.39 is 0 Å². The van der Waals surface area contributed by atoms with Gasteiger partial charge in [0.15, 0.2) is 0 Å². The van der Waals surface area contributed by atoms with E-state index in [1.807, 2.05) is 114 Å². The molecule has 3 nitrogen and oxygen atoms in total. The fraction of sp³-hybridized carbons (Fsp3) is 0.0357. The van der Waals surface area contributed by atoms with Crippen molar-refractivity contribution in [1.29, 1.82) is 0 Å². The lowest BCUT2D eigenvalue weighted by Crippen LogP contribution is -2.22. The molecule has 4 aromatic carbocycles. The molecule has 5 rings (SSSR count). The fourth-order valence-corrected chi connectivity index (χ4v) is 3.78. The van der Waals surface area contributed by atoms with E-state index in [-0.39, 0.29) is 5.56 Å². The molecule has 0 spiro atoms. The van der Waals surface area contributed by atoms with Gasteiger partial charge in [0.2, 0.25) is 0 Å². The number of para-hydroxylation sites is 1. The molecule has 3 heteroatoms. The maximum atomic E-state index is 13.4. The van der Waals surface area contributed by atoms with Crippen LogP contribution in [0.25, 0.3) is 22.0 Å². The summed E-state index contributed by atoms with van der Waals surface area (Å²) < 4.78 is 7.77. The average Bonchev–Trinajstić information content (AvgIpc) is 2.83. The predicted octanol–water partition coefficient (Wildman–Crippen LogP) is 6.51. The van der Waals surface area contributed by atoms with Gasteiger partial charge in [0.05, 0.1) is 12.2 Å². The third-order valence-electron chi connectivity index (χ3n) is 5.33. The quantitative estimate of drug-likeness (QED) is 0.335. The average molecular weight is 403 g/mol. The van der Waals surface area contributed by atoms with Crippen LogP contribution < -0.4 is 10.3 Å². The number of benzene rings is 4. The van der Waals surface area contributed by atoms with Gasteiger partial charge < -0.3 is 9.30 Å². The van der Waals surface area contributed by atoms with E-state index in [1.165, 1.54) is 0 Å². The largest absolute Gasteiger partial charge is 0.457 e. The minimum Gasteiger partial charge on any atom is -0.457 e. The van der Waals surface area contributed by atoms with E-state index in [9.17, 15) is 4.79 Å². The molecule has 0 saturated carbocycles. The van der Waals surface area contributed by atoms with Gasteiger partial charge in [-0.05, 0) is 65.0 Å². The molecule has 0 N–H and O–H groups in total. The van der Waals surface area contributed by atoms with Crippen molar-refractivity contribution < 1.29 is 4.74 Å². The van der Waals surface area contributed by atoms with Crippen molar-refractivity contribution in [3.8, 4) is 22.8 Å². The molecule has 0 atom stereocenters. The monoisotopic (exact) mass is 403 g/mol. The zero-order valence-corrected chi connectivity index (χ0v) is 16.9. The van der Waals surface area contributed by atoms with Crippen molar-refractivity contribution >= 4 is 10.8 Å². The molecule has 0 amide bonds. The summed E-state index contributed by atoms with van der Waals surface area (Å²) in [5, 5.41) is 1.67. The molecule has 0 aliphatic rings. The van der Waals surface area contributed by atoms with Crippen LogP contribution in [0.4, 0.5) is 0 Å². The van der Waals surface area contributed by atoms with Gasteiger partial charge in [-0.15, -0.1) is 0 Å². The Bertz CT molecular complexity index is 1370. The fourth-order valence-electron chi connectivity index (χ4n) is 3.78. The first-order valence-corrected chi connectivity index (χ1v) is 10.3. The van der Waals surface area contributed by atoms with Crippen LogP contribution in [0.1, 0.15) is 5.56 Å². The van der Waals surface area contributed by atoms with Gasteiger partial charge >= 0.3 is 0 Å². The molecule has 0 saturated heterocycles. The molecule has 0 aliphatic carbocycles. The van der Waals surface area contributed by atoms with Gasteiger partial charge in [-0.25, -0.2) is 0 Å². The summed E-state index contributed by atoms with van der Waals surface area (Å²) in [6.45, 7) is 0.516. The van der Waals surface area contributed by atoms with Crippen LogP contribution in [0.2, 0.25) is 0 Å². The molecular weight excluding hydrogens is 382 g/mol. The van der Waals surface area contributed by atoms with Crippen molar-refractivity contribution in [1.82, 2.24) is 4.57 Å². The van der Waals surface area contributed by atoms with Crippen LogP contribution in [-0.2, 0) is 6.54 Å². The van der Waals surface area contributed by atoms with Crippen LogP contribution in [0.5, 0.6) is 11.5 Å². The maximum Gasteiger partial charge on any atom is 0.259 e. The maximum absolute atomic E-state index is 13.4. The van der Waals surface area contributed by atoms with Gasteiger partial charge in [0, 0.05) is 5.39 Å². The molecule has 0 unspecified atom stereocenters. The zero-order valence-electron chi connectivity index (χ0n) is 16.9. The second-order valence-electron chi connectivity index (χ2n) is 7.43. The lowest BCUT2D eigenvalue weighted by Gasteiger charge is -2.15. The number of aromatic nitrogens is 1. The van der Waals surface area contributed by atoms with E-state index >= 15 is 0 Å². The van der Waals surface area contributed by atoms with Crippen LogP contribution >= 0.6 is 0 Å². The highest BCUT2D eigenvalue weighted by atomic mass is 16.5. The summed E-state index contributed by atoms with van der Waals surface area (Å²) in [4.78, 5) is 13.4. The van der Waals surface area contributed by atoms with Gasteiger partial charge in [-0.2, -0.15) is 0 Å². The van der Waals surface area contributed by atoms with Crippen molar-refractivity contribution in [2.24, 2.45) is 0 Å². The summed E-state index contributed by atoms with van der Waals surface area (Å²) in [6.07, 6.45) is 0.